The largest absolute Gasteiger partial charge is 0.342 e. The molecule has 0 radical (unpaired) electrons. The number of aryl methyl sites for hydroxylation is 1. The molecule has 3 aromatic rings. The third-order valence-electron chi connectivity index (χ3n) is 4.34. The number of fused-ring (bicyclic) bond motifs is 1. The first-order chi connectivity index (χ1) is 10.2. The van der Waals surface area contributed by atoms with E-state index in [2.05, 4.69) is 52.4 Å². The van der Waals surface area contributed by atoms with Crippen molar-refractivity contribution in [1.82, 2.24) is 9.97 Å². The highest BCUT2D eigenvalue weighted by atomic mass is 14.9. The van der Waals surface area contributed by atoms with E-state index in [9.17, 15) is 5.26 Å². The van der Waals surface area contributed by atoms with Gasteiger partial charge < -0.3 is 4.98 Å². The molecule has 1 heterocycles. The topological polar surface area (TPSA) is 52.5 Å². The minimum atomic E-state index is -0.205. The number of aromatic nitrogens is 2. The molecule has 1 fully saturated rings. The van der Waals surface area contributed by atoms with Crippen LogP contribution < -0.4 is 0 Å². The quantitative estimate of drug-likeness (QED) is 0.764. The summed E-state index contributed by atoms with van der Waals surface area (Å²) in [6.45, 7) is 1.96. The van der Waals surface area contributed by atoms with E-state index in [0.717, 1.165) is 35.3 Å². The third kappa shape index (κ3) is 1.92. The van der Waals surface area contributed by atoms with E-state index in [-0.39, 0.29) is 5.41 Å². The molecule has 2 aromatic carbocycles. The molecule has 4 rings (SSSR count). The van der Waals surface area contributed by atoms with Crippen molar-refractivity contribution in [3.05, 3.63) is 53.9 Å². The lowest BCUT2D eigenvalue weighted by Gasteiger charge is -2.08. The van der Waals surface area contributed by atoms with E-state index in [1.54, 1.807) is 0 Å². The summed E-state index contributed by atoms with van der Waals surface area (Å²) < 4.78 is 0. The van der Waals surface area contributed by atoms with Crippen LogP contribution in [0.15, 0.2) is 42.5 Å². The first-order valence-electron chi connectivity index (χ1n) is 7.19. The van der Waals surface area contributed by atoms with Crippen LogP contribution in [0, 0.1) is 18.3 Å². The Morgan fingerprint density at radius 1 is 1.10 bits per heavy atom. The molecule has 0 amide bonds. The zero-order valence-corrected chi connectivity index (χ0v) is 11.9. The standard InChI is InChI=1S/C18H15N3/c1-12-20-16-7-4-14(10-17(16)21-12)13-2-5-15(6-3-13)18(11-19)8-9-18/h2-7,10H,8-9H2,1H3,(H,20,21). The van der Waals surface area contributed by atoms with Crippen LogP contribution in [0.25, 0.3) is 22.2 Å². The lowest BCUT2D eigenvalue weighted by atomic mass is 9.95. The maximum Gasteiger partial charge on any atom is 0.104 e. The lowest BCUT2D eigenvalue weighted by molar-refractivity contribution is 0.909. The summed E-state index contributed by atoms with van der Waals surface area (Å²) >= 11 is 0. The predicted molar refractivity (Wildman–Crippen MR) is 82.8 cm³/mol. The predicted octanol–water partition coefficient (Wildman–Crippen LogP) is 4.09. The highest BCUT2D eigenvalue weighted by Gasteiger charge is 2.44. The van der Waals surface area contributed by atoms with Gasteiger partial charge in [0.25, 0.3) is 0 Å². The number of hydrogen-bond acceptors (Lipinski definition) is 2. The number of hydrogen-bond donors (Lipinski definition) is 1. The first-order valence-corrected chi connectivity index (χ1v) is 7.19. The van der Waals surface area contributed by atoms with Gasteiger partial charge in [-0.2, -0.15) is 5.26 Å². The molecule has 3 heteroatoms. The number of rotatable bonds is 2. The SMILES string of the molecule is Cc1nc2ccc(-c3ccc(C4(C#N)CC4)cc3)cc2[nH]1. The van der Waals surface area contributed by atoms with Gasteiger partial charge in [0.2, 0.25) is 0 Å². The van der Waals surface area contributed by atoms with Crippen LogP contribution in [0.5, 0.6) is 0 Å². The van der Waals surface area contributed by atoms with E-state index in [0.29, 0.717) is 0 Å². The average Bonchev–Trinajstić information content (AvgIpc) is 3.22. The molecule has 1 saturated carbocycles. The van der Waals surface area contributed by atoms with Crippen molar-refractivity contribution in [1.29, 1.82) is 5.26 Å². The molecular formula is C18H15N3. The summed E-state index contributed by atoms with van der Waals surface area (Å²) in [5.41, 5.74) is 5.33. The van der Waals surface area contributed by atoms with Crippen molar-refractivity contribution in [2.75, 3.05) is 0 Å². The van der Waals surface area contributed by atoms with E-state index >= 15 is 0 Å². The number of imidazole rings is 1. The molecule has 0 unspecified atom stereocenters. The minimum absolute atomic E-state index is 0.205. The third-order valence-corrected chi connectivity index (χ3v) is 4.34. The van der Waals surface area contributed by atoms with Crippen molar-refractivity contribution in [3.8, 4) is 17.2 Å². The van der Waals surface area contributed by atoms with Crippen LogP contribution in [0.1, 0.15) is 24.2 Å². The Balaban J connectivity index is 1.73. The number of nitrogens with one attached hydrogen (secondary N) is 1. The van der Waals surface area contributed by atoms with E-state index in [4.69, 9.17) is 0 Å². The highest BCUT2D eigenvalue weighted by molar-refractivity contribution is 5.82. The summed E-state index contributed by atoms with van der Waals surface area (Å²) in [5, 5.41) is 9.26. The van der Waals surface area contributed by atoms with Crippen LogP contribution in [-0.4, -0.2) is 9.97 Å². The fraction of sp³-hybridized carbons (Fsp3) is 0.222. The van der Waals surface area contributed by atoms with Crippen molar-refractivity contribution in [2.45, 2.75) is 25.2 Å². The van der Waals surface area contributed by atoms with Crippen LogP contribution >= 0.6 is 0 Å². The Labute approximate surface area is 123 Å². The fourth-order valence-electron chi connectivity index (χ4n) is 2.89. The summed E-state index contributed by atoms with van der Waals surface area (Å²) in [5.74, 6) is 0.933. The van der Waals surface area contributed by atoms with E-state index in [1.807, 2.05) is 13.0 Å². The number of nitrogens with zero attached hydrogens (tertiary/aromatic N) is 2. The van der Waals surface area contributed by atoms with Gasteiger partial charge in [0.05, 0.1) is 22.5 Å². The van der Waals surface area contributed by atoms with Gasteiger partial charge >= 0.3 is 0 Å². The van der Waals surface area contributed by atoms with Gasteiger partial charge in [-0.05, 0) is 48.6 Å². The second-order valence-corrected chi connectivity index (χ2v) is 5.83. The summed E-state index contributed by atoms with van der Waals surface area (Å²) in [7, 11) is 0. The van der Waals surface area contributed by atoms with Crippen molar-refractivity contribution in [3.63, 3.8) is 0 Å². The number of nitriles is 1. The Morgan fingerprint density at radius 3 is 2.48 bits per heavy atom. The Hall–Kier alpha value is -2.60. The molecule has 1 aliphatic rings. The summed E-state index contributed by atoms with van der Waals surface area (Å²) in [6, 6.07) is 17.1. The maximum absolute atomic E-state index is 9.26. The molecule has 1 aliphatic carbocycles. The second-order valence-electron chi connectivity index (χ2n) is 5.83. The van der Waals surface area contributed by atoms with Crippen molar-refractivity contribution >= 4 is 11.0 Å². The Bertz CT molecular complexity index is 862. The molecular weight excluding hydrogens is 258 g/mol. The van der Waals surface area contributed by atoms with Crippen LogP contribution in [0.4, 0.5) is 0 Å². The molecule has 0 spiro atoms. The van der Waals surface area contributed by atoms with Crippen LogP contribution in [0.2, 0.25) is 0 Å². The molecule has 0 bridgehead atoms. The molecule has 102 valence electrons. The second kappa shape index (κ2) is 4.20. The van der Waals surface area contributed by atoms with Crippen molar-refractivity contribution in [2.24, 2.45) is 0 Å². The average molecular weight is 273 g/mol. The van der Waals surface area contributed by atoms with Crippen molar-refractivity contribution < 1.29 is 0 Å². The van der Waals surface area contributed by atoms with Gasteiger partial charge in [-0.1, -0.05) is 30.3 Å². The fourth-order valence-corrected chi connectivity index (χ4v) is 2.89. The smallest absolute Gasteiger partial charge is 0.104 e. The maximum atomic E-state index is 9.26. The zero-order chi connectivity index (χ0) is 14.4. The monoisotopic (exact) mass is 273 g/mol. The normalized spacial score (nSPS) is 15.8. The molecule has 0 saturated heterocycles. The van der Waals surface area contributed by atoms with Gasteiger partial charge in [0.1, 0.15) is 5.82 Å². The van der Waals surface area contributed by atoms with Crippen LogP contribution in [0.3, 0.4) is 0 Å². The lowest BCUT2D eigenvalue weighted by Crippen LogP contribution is -2.01. The number of aromatic amines is 1. The van der Waals surface area contributed by atoms with Gasteiger partial charge in [-0.15, -0.1) is 0 Å². The number of benzene rings is 2. The summed E-state index contributed by atoms with van der Waals surface area (Å²) in [6.07, 6.45) is 1.98. The molecule has 1 N–H and O–H groups in total. The summed E-state index contributed by atoms with van der Waals surface area (Å²) in [4.78, 5) is 7.69. The zero-order valence-electron chi connectivity index (χ0n) is 11.9. The molecule has 0 atom stereocenters. The van der Waals surface area contributed by atoms with E-state index in [1.165, 1.54) is 11.1 Å². The number of H-pyrrole nitrogens is 1. The highest BCUT2D eigenvalue weighted by Crippen LogP contribution is 2.47. The van der Waals surface area contributed by atoms with Gasteiger partial charge in [-0.25, -0.2) is 4.98 Å². The van der Waals surface area contributed by atoms with Gasteiger partial charge in [0.15, 0.2) is 0 Å². The van der Waals surface area contributed by atoms with E-state index < -0.39 is 0 Å². The van der Waals surface area contributed by atoms with Gasteiger partial charge in [0, 0.05) is 0 Å². The Kier molecular flexibility index (Phi) is 2.43. The molecule has 21 heavy (non-hydrogen) atoms. The molecule has 3 nitrogen and oxygen atoms in total. The van der Waals surface area contributed by atoms with Crippen LogP contribution in [-0.2, 0) is 5.41 Å². The molecule has 0 aliphatic heterocycles. The molecule has 1 aromatic heterocycles. The Morgan fingerprint density at radius 2 is 1.81 bits per heavy atom. The minimum Gasteiger partial charge on any atom is -0.342 e. The first kappa shape index (κ1) is 12.2. The van der Waals surface area contributed by atoms with Gasteiger partial charge in [-0.3, -0.25) is 0 Å².